The van der Waals surface area contributed by atoms with E-state index in [2.05, 4.69) is 0 Å². The molecule has 0 amide bonds. The summed E-state index contributed by atoms with van der Waals surface area (Å²) >= 11 is 0. The van der Waals surface area contributed by atoms with Gasteiger partial charge in [0.2, 0.25) is 0 Å². The molecule has 2 aliphatic heterocycles. The number of hydrogen-bond acceptors (Lipinski definition) is 6. The van der Waals surface area contributed by atoms with Gasteiger partial charge in [-0.05, 0) is 66.5 Å². The molecule has 3 heterocycles. The molecule has 2 aliphatic carbocycles. The van der Waals surface area contributed by atoms with Gasteiger partial charge in [-0.1, -0.05) is 31.2 Å². The summed E-state index contributed by atoms with van der Waals surface area (Å²) in [7, 11) is 0. The van der Waals surface area contributed by atoms with E-state index in [0.29, 0.717) is 23.4 Å². The maximum absolute atomic E-state index is 13.9. The van der Waals surface area contributed by atoms with Gasteiger partial charge in [0.25, 0.3) is 0 Å². The first-order chi connectivity index (χ1) is 19.2. The number of phenols is 1. The number of carbonyl (C=O) groups excluding carboxylic acids is 2. The molecule has 0 unspecified atom stereocenters. The third-order valence-corrected chi connectivity index (χ3v) is 9.07. The molecule has 9 heteroatoms. The van der Waals surface area contributed by atoms with Gasteiger partial charge in [0.15, 0.2) is 11.6 Å². The number of allylic oxidation sites excluding steroid dienone is 5. The van der Waals surface area contributed by atoms with Gasteiger partial charge in [0.05, 0.1) is 30.0 Å². The molecule has 40 heavy (non-hydrogen) atoms. The first-order valence-corrected chi connectivity index (χ1v) is 13.3. The molecule has 202 valence electrons. The number of carbonyl (C=O) groups is 2. The number of rotatable bonds is 2. The Morgan fingerprint density at radius 3 is 2.58 bits per heavy atom. The number of phenolic OH excluding ortho intramolecular Hbond substituents is 1. The highest BCUT2D eigenvalue weighted by Crippen LogP contribution is 2.58. The van der Waals surface area contributed by atoms with E-state index in [1.54, 1.807) is 55.7 Å². The molecule has 0 radical (unpaired) electrons. The molecule has 4 atom stereocenters. The van der Waals surface area contributed by atoms with E-state index in [4.69, 9.17) is 4.74 Å². The van der Waals surface area contributed by atoms with E-state index in [9.17, 15) is 24.3 Å². The minimum atomic E-state index is -1.10. The maximum Gasteiger partial charge on any atom is 0.352 e. The van der Waals surface area contributed by atoms with Crippen molar-refractivity contribution in [1.29, 1.82) is 0 Å². The molecule has 1 fully saturated rings. The van der Waals surface area contributed by atoms with Gasteiger partial charge in [0, 0.05) is 23.8 Å². The topological polar surface area (TPSA) is 113 Å². The van der Waals surface area contributed by atoms with Gasteiger partial charge >= 0.3 is 11.4 Å². The first kappa shape index (κ1) is 24.4. The third kappa shape index (κ3) is 3.20. The van der Waals surface area contributed by atoms with Crippen LogP contribution in [0.25, 0.3) is 5.69 Å². The predicted octanol–water partition coefficient (Wildman–Crippen LogP) is 3.25. The smallest absolute Gasteiger partial charge is 0.352 e. The number of aromatic hydroxyl groups is 1. The van der Waals surface area contributed by atoms with E-state index in [1.807, 2.05) is 19.1 Å². The second kappa shape index (κ2) is 8.42. The lowest BCUT2D eigenvalue weighted by molar-refractivity contribution is -0.141. The van der Waals surface area contributed by atoms with Crippen LogP contribution >= 0.6 is 0 Å². The zero-order chi connectivity index (χ0) is 27.9. The molecule has 1 saturated carbocycles. The monoisotopic (exact) mass is 537 g/mol. The van der Waals surface area contributed by atoms with Gasteiger partial charge in [-0.3, -0.25) is 9.59 Å². The number of ether oxygens (including phenoxy) is 1. The number of aromatic nitrogens is 3. The summed E-state index contributed by atoms with van der Waals surface area (Å²) in [6.45, 7) is 3.66. The Labute approximate surface area is 228 Å². The first-order valence-electron chi connectivity index (χ1n) is 13.3. The Hall–Kier alpha value is -4.66. The molecule has 2 aromatic carbocycles. The number of nitrogens with zero attached hydrogens (tertiary/aromatic N) is 3. The average Bonchev–Trinajstić information content (AvgIpc) is 3.20. The van der Waals surface area contributed by atoms with Gasteiger partial charge in [-0.2, -0.15) is 0 Å². The Bertz CT molecular complexity index is 1840. The average molecular weight is 538 g/mol. The maximum atomic E-state index is 13.9. The standard InChI is InChI=1S/C31H27N3O6/c1-17-12-25(36)23-15-24-22(10-11-32-29(38)33(30(39)34(24)32)20-6-4-3-5-7-20)27(31(23,2)28(17)37)19-13-18-14-21(35)8-9-26(18)40-16-19/h3-10,12,14,16,23-24,27,35H,11,13,15H2,1-2H3/t23-,24+,27-,31+/m0/s1. The van der Waals surface area contributed by atoms with E-state index in [-0.39, 0.29) is 30.3 Å². The molecule has 0 spiro atoms. The van der Waals surface area contributed by atoms with Crippen molar-refractivity contribution in [2.45, 2.75) is 39.3 Å². The largest absolute Gasteiger partial charge is 0.508 e. The quantitative estimate of drug-likeness (QED) is 0.503. The van der Waals surface area contributed by atoms with Crippen LogP contribution in [0.15, 0.2) is 93.3 Å². The molecular weight excluding hydrogens is 510 g/mol. The Kier molecular flexibility index (Phi) is 5.13. The summed E-state index contributed by atoms with van der Waals surface area (Å²) < 4.78 is 10.0. The summed E-state index contributed by atoms with van der Waals surface area (Å²) in [4.78, 5) is 54.8. The van der Waals surface area contributed by atoms with E-state index in [1.165, 1.54) is 15.4 Å². The van der Waals surface area contributed by atoms with Crippen LogP contribution in [0.2, 0.25) is 0 Å². The van der Waals surface area contributed by atoms with Crippen molar-refractivity contribution in [2.24, 2.45) is 17.3 Å². The summed E-state index contributed by atoms with van der Waals surface area (Å²) in [5, 5.41) is 10.1. The lowest BCUT2D eigenvalue weighted by atomic mass is 9.50. The van der Waals surface area contributed by atoms with Crippen LogP contribution in [0.1, 0.15) is 31.9 Å². The van der Waals surface area contributed by atoms with Gasteiger partial charge in [-0.15, -0.1) is 0 Å². The molecule has 7 rings (SSSR count). The number of fused-ring (bicyclic) bond motifs is 5. The molecule has 9 nitrogen and oxygen atoms in total. The van der Waals surface area contributed by atoms with Crippen LogP contribution in [-0.4, -0.2) is 30.6 Å². The van der Waals surface area contributed by atoms with Crippen molar-refractivity contribution < 1.29 is 19.4 Å². The highest BCUT2D eigenvalue weighted by Gasteiger charge is 2.60. The van der Waals surface area contributed by atoms with E-state index in [0.717, 1.165) is 21.3 Å². The van der Waals surface area contributed by atoms with Crippen LogP contribution in [-0.2, 0) is 22.6 Å². The van der Waals surface area contributed by atoms with E-state index >= 15 is 0 Å². The fourth-order valence-electron chi connectivity index (χ4n) is 7.29. The Morgan fingerprint density at radius 1 is 1.02 bits per heavy atom. The molecule has 1 aromatic heterocycles. The molecule has 0 bridgehead atoms. The molecular formula is C31H27N3O6. The Balaban J connectivity index is 1.42. The van der Waals surface area contributed by atoms with Crippen molar-refractivity contribution in [2.75, 3.05) is 0 Å². The van der Waals surface area contributed by atoms with Crippen LogP contribution in [0.4, 0.5) is 0 Å². The highest BCUT2D eigenvalue weighted by atomic mass is 16.5. The lowest BCUT2D eigenvalue weighted by Gasteiger charge is -2.53. The van der Waals surface area contributed by atoms with Gasteiger partial charge in [-0.25, -0.2) is 23.5 Å². The number of Topliss-reactive ketones (excluding diaryl/α,β-unsaturated/α-hetero) is 1. The lowest BCUT2D eigenvalue weighted by Crippen LogP contribution is -2.56. The molecule has 0 saturated heterocycles. The van der Waals surface area contributed by atoms with Gasteiger partial charge in [0.1, 0.15) is 11.5 Å². The minimum Gasteiger partial charge on any atom is -0.508 e. The summed E-state index contributed by atoms with van der Waals surface area (Å²) in [6, 6.07) is 13.0. The Morgan fingerprint density at radius 2 is 1.80 bits per heavy atom. The summed E-state index contributed by atoms with van der Waals surface area (Å²) in [5.41, 5.74) is 1.19. The van der Waals surface area contributed by atoms with Crippen molar-refractivity contribution >= 4 is 11.6 Å². The van der Waals surface area contributed by atoms with Crippen molar-refractivity contribution in [3.05, 3.63) is 110 Å². The third-order valence-electron chi connectivity index (χ3n) is 9.07. The van der Waals surface area contributed by atoms with Crippen LogP contribution in [0, 0.1) is 17.3 Å². The van der Waals surface area contributed by atoms with E-state index < -0.39 is 34.7 Å². The number of hydrogen-bond donors (Lipinski definition) is 1. The number of benzene rings is 2. The summed E-state index contributed by atoms with van der Waals surface area (Å²) in [6.07, 6.45) is 5.60. The van der Waals surface area contributed by atoms with Crippen LogP contribution in [0.3, 0.4) is 0 Å². The zero-order valence-electron chi connectivity index (χ0n) is 22.0. The SMILES string of the molecule is CC1=CC(=O)[C@@H]2C[C@@H]3C(=CCn4c(=O)n(-c5ccccc5)c(=O)n43)[C@H](C3=COc4ccc(O)cc4C3)[C@]2(C)C1=O. The number of para-hydroxylation sites is 1. The second-order valence-corrected chi connectivity index (χ2v) is 11.2. The van der Waals surface area contributed by atoms with Crippen molar-refractivity contribution in [1.82, 2.24) is 13.9 Å². The van der Waals surface area contributed by atoms with Crippen molar-refractivity contribution in [3.8, 4) is 17.2 Å². The zero-order valence-corrected chi connectivity index (χ0v) is 22.0. The highest BCUT2D eigenvalue weighted by molar-refractivity contribution is 6.13. The number of ketones is 2. The van der Waals surface area contributed by atoms with Crippen molar-refractivity contribution in [3.63, 3.8) is 0 Å². The van der Waals surface area contributed by atoms with Crippen LogP contribution < -0.4 is 16.1 Å². The fourth-order valence-corrected chi connectivity index (χ4v) is 7.29. The molecule has 1 N–H and O–H groups in total. The van der Waals surface area contributed by atoms with Gasteiger partial charge < -0.3 is 9.84 Å². The van der Waals surface area contributed by atoms with Crippen LogP contribution in [0.5, 0.6) is 11.5 Å². The summed E-state index contributed by atoms with van der Waals surface area (Å²) in [5.74, 6) is -0.805. The minimum absolute atomic E-state index is 0.103. The fraction of sp³-hybridized carbons (Fsp3) is 0.290. The molecule has 3 aromatic rings. The normalized spacial score (nSPS) is 26.9. The second-order valence-electron chi connectivity index (χ2n) is 11.2. The molecule has 4 aliphatic rings. The predicted molar refractivity (Wildman–Crippen MR) is 145 cm³/mol.